The molecular formula is C26H24N4O2. The Bertz CT molecular complexity index is 1330. The van der Waals surface area contributed by atoms with E-state index in [1.54, 1.807) is 36.3 Å². The maximum Gasteiger partial charge on any atom is 0.277 e. The van der Waals surface area contributed by atoms with Crippen molar-refractivity contribution in [1.82, 2.24) is 14.5 Å². The van der Waals surface area contributed by atoms with Crippen molar-refractivity contribution in [1.29, 1.82) is 0 Å². The van der Waals surface area contributed by atoms with Gasteiger partial charge >= 0.3 is 0 Å². The molecule has 32 heavy (non-hydrogen) atoms. The zero-order chi connectivity index (χ0) is 22.5. The van der Waals surface area contributed by atoms with Crippen molar-refractivity contribution < 1.29 is 4.74 Å². The molecule has 160 valence electrons. The Morgan fingerprint density at radius 1 is 1.12 bits per heavy atom. The number of benzene rings is 2. The van der Waals surface area contributed by atoms with E-state index >= 15 is 0 Å². The molecule has 0 aliphatic rings. The lowest BCUT2D eigenvalue weighted by atomic mass is 10.1. The third kappa shape index (κ3) is 4.44. The Hall–Kier alpha value is -4.19. The number of hydrogen-bond acceptors (Lipinski definition) is 5. The molecule has 6 nitrogen and oxygen atoms in total. The predicted octanol–water partition coefficient (Wildman–Crippen LogP) is 4.60. The first-order valence-electron chi connectivity index (χ1n) is 10.2. The van der Waals surface area contributed by atoms with E-state index in [0.717, 1.165) is 22.3 Å². The van der Waals surface area contributed by atoms with Crippen molar-refractivity contribution in [2.24, 2.45) is 0 Å². The van der Waals surface area contributed by atoms with Gasteiger partial charge in [0.1, 0.15) is 11.4 Å². The van der Waals surface area contributed by atoms with E-state index in [0.29, 0.717) is 23.5 Å². The zero-order valence-corrected chi connectivity index (χ0v) is 18.1. The minimum absolute atomic E-state index is 0.161. The highest BCUT2D eigenvalue weighted by molar-refractivity contribution is 5.79. The lowest BCUT2D eigenvalue weighted by Gasteiger charge is -2.13. The van der Waals surface area contributed by atoms with E-state index in [9.17, 15) is 4.79 Å². The highest BCUT2D eigenvalue weighted by Crippen LogP contribution is 2.20. The largest absolute Gasteiger partial charge is 0.497 e. The number of pyridine rings is 1. The van der Waals surface area contributed by atoms with E-state index in [-0.39, 0.29) is 5.56 Å². The second-order valence-corrected chi connectivity index (χ2v) is 7.32. The Balaban J connectivity index is 1.76. The summed E-state index contributed by atoms with van der Waals surface area (Å²) in [7, 11) is 3.55. The van der Waals surface area contributed by atoms with Crippen LogP contribution in [0.1, 0.15) is 16.8 Å². The highest BCUT2D eigenvalue weighted by atomic mass is 16.5. The summed E-state index contributed by atoms with van der Waals surface area (Å²) in [5, 5.41) is 0. The summed E-state index contributed by atoms with van der Waals surface area (Å²) in [5.41, 5.74) is 4.58. The van der Waals surface area contributed by atoms with Crippen LogP contribution < -0.4 is 15.2 Å². The molecule has 0 radical (unpaired) electrons. The summed E-state index contributed by atoms with van der Waals surface area (Å²) in [6.07, 6.45) is 8.88. The number of rotatable bonds is 7. The first kappa shape index (κ1) is 21.1. The summed E-state index contributed by atoms with van der Waals surface area (Å²) in [6, 6.07) is 17.3. The molecule has 6 heteroatoms. The van der Waals surface area contributed by atoms with Gasteiger partial charge in [0.05, 0.1) is 24.7 Å². The van der Waals surface area contributed by atoms with Crippen LogP contribution in [-0.2, 0) is 6.54 Å². The lowest BCUT2D eigenvalue weighted by Crippen LogP contribution is -2.24. The molecule has 0 bridgehead atoms. The summed E-state index contributed by atoms with van der Waals surface area (Å²) < 4.78 is 7.08. The maximum atomic E-state index is 13.3. The molecule has 0 saturated heterocycles. The normalized spacial score (nSPS) is 11.1. The third-order valence-corrected chi connectivity index (χ3v) is 5.25. The quantitative estimate of drug-likeness (QED) is 0.434. The van der Waals surface area contributed by atoms with E-state index in [4.69, 9.17) is 4.74 Å². The minimum atomic E-state index is -0.161. The van der Waals surface area contributed by atoms with Gasteiger partial charge in [0.2, 0.25) is 0 Å². The topological polar surface area (TPSA) is 60.3 Å². The van der Waals surface area contributed by atoms with Crippen molar-refractivity contribution in [3.63, 3.8) is 0 Å². The van der Waals surface area contributed by atoms with Crippen LogP contribution >= 0.6 is 0 Å². The molecule has 2 heterocycles. The van der Waals surface area contributed by atoms with Gasteiger partial charge in [-0.15, -0.1) is 0 Å². The Kier molecular flexibility index (Phi) is 6.12. The molecule has 0 aliphatic heterocycles. The van der Waals surface area contributed by atoms with Gasteiger partial charge < -0.3 is 14.2 Å². The average molecular weight is 425 g/mol. The van der Waals surface area contributed by atoms with Crippen LogP contribution in [0.15, 0.2) is 84.6 Å². The molecular weight excluding hydrogens is 400 g/mol. The van der Waals surface area contributed by atoms with Gasteiger partial charge in [0, 0.05) is 31.2 Å². The van der Waals surface area contributed by atoms with Crippen LogP contribution in [0.2, 0.25) is 0 Å². The predicted molar refractivity (Wildman–Crippen MR) is 130 cm³/mol. The fourth-order valence-corrected chi connectivity index (χ4v) is 3.41. The lowest BCUT2D eigenvalue weighted by molar-refractivity contribution is 0.415. The standard InChI is InChI=1S/C26H24N4O2/c1-4-29(2)21-10-7-19(8-11-21)9-13-23-26(31)30(18-20-6-5-15-27-17-20)25-14-12-22(32-3)16-24(25)28-23/h4-17H,1,18H2,2-3H3/b13-9+. The van der Waals surface area contributed by atoms with Crippen molar-refractivity contribution in [2.45, 2.75) is 6.54 Å². The Morgan fingerprint density at radius 3 is 2.62 bits per heavy atom. The molecule has 2 aromatic heterocycles. The van der Waals surface area contributed by atoms with Crippen LogP contribution in [0.25, 0.3) is 23.2 Å². The molecule has 2 aromatic carbocycles. The second-order valence-electron chi connectivity index (χ2n) is 7.32. The molecule has 0 spiro atoms. The molecule has 0 aliphatic carbocycles. The van der Waals surface area contributed by atoms with Crippen LogP contribution in [0.4, 0.5) is 5.69 Å². The first-order chi connectivity index (χ1) is 15.6. The number of fused-ring (bicyclic) bond motifs is 1. The smallest absolute Gasteiger partial charge is 0.277 e. The van der Waals surface area contributed by atoms with Gasteiger partial charge in [0.15, 0.2) is 0 Å². The molecule has 0 fully saturated rings. The second kappa shape index (κ2) is 9.31. The Labute approximate surface area is 186 Å². The number of methoxy groups -OCH3 is 1. The monoisotopic (exact) mass is 424 g/mol. The Morgan fingerprint density at radius 2 is 1.94 bits per heavy atom. The molecule has 0 saturated carbocycles. The first-order valence-corrected chi connectivity index (χ1v) is 10.2. The van der Waals surface area contributed by atoms with Gasteiger partial charge in [-0.2, -0.15) is 0 Å². The highest BCUT2D eigenvalue weighted by Gasteiger charge is 2.11. The van der Waals surface area contributed by atoms with E-state index in [1.807, 2.05) is 72.6 Å². The van der Waals surface area contributed by atoms with E-state index in [1.165, 1.54) is 0 Å². The molecule has 0 unspecified atom stereocenters. The van der Waals surface area contributed by atoms with Crippen LogP contribution in [0, 0.1) is 0 Å². The van der Waals surface area contributed by atoms with Crippen molar-refractivity contribution in [3.8, 4) is 5.75 Å². The van der Waals surface area contributed by atoms with Gasteiger partial charge in [-0.1, -0.05) is 30.9 Å². The number of ether oxygens (including phenoxy) is 1. The molecule has 0 N–H and O–H groups in total. The van der Waals surface area contributed by atoms with Crippen molar-refractivity contribution >= 4 is 28.9 Å². The van der Waals surface area contributed by atoms with Crippen molar-refractivity contribution in [2.75, 3.05) is 19.1 Å². The fraction of sp³-hybridized carbons (Fsp3) is 0.115. The SMILES string of the molecule is C=CN(C)c1ccc(/C=C/c2nc3cc(OC)ccc3n(Cc3cccnc3)c2=O)cc1. The average Bonchev–Trinajstić information content (AvgIpc) is 2.84. The summed E-state index contributed by atoms with van der Waals surface area (Å²) in [5.74, 6) is 0.688. The summed E-state index contributed by atoms with van der Waals surface area (Å²) >= 11 is 0. The van der Waals surface area contributed by atoms with Crippen LogP contribution in [-0.4, -0.2) is 28.7 Å². The summed E-state index contributed by atoms with van der Waals surface area (Å²) in [4.78, 5) is 24.0. The van der Waals surface area contributed by atoms with E-state index in [2.05, 4.69) is 16.5 Å². The molecule has 4 rings (SSSR count). The van der Waals surface area contributed by atoms with Crippen LogP contribution in [0.3, 0.4) is 0 Å². The van der Waals surface area contributed by atoms with Gasteiger partial charge in [0.25, 0.3) is 5.56 Å². The van der Waals surface area contributed by atoms with Gasteiger partial charge in [-0.25, -0.2) is 4.98 Å². The van der Waals surface area contributed by atoms with Crippen molar-refractivity contribution in [3.05, 3.63) is 107 Å². The summed E-state index contributed by atoms with van der Waals surface area (Å²) in [6.45, 7) is 4.18. The number of aromatic nitrogens is 3. The van der Waals surface area contributed by atoms with E-state index < -0.39 is 0 Å². The molecule has 0 amide bonds. The molecule has 4 aromatic rings. The fourth-order valence-electron chi connectivity index (χ4n) is 3.41. The maximum absolute atomic E-state index is 13.3. The van der Waals surface area contributed by atoms with Gasteiger partial charge in [-0.05, 0) is 53.7 Å². The molecule has 0 atom stereocenters. The third-order valence-electron chi connectivity index (χ3n) is 5.25. The minimum Gasteiger partial charge on any atom is -0.497 e. The number of anilines is 1. The zero-order valence-electron chi connectivity index (χ0n) is 18.1. The number of nitrogens with zero attached hydrogens (tertiary/aromatic N) is 4. The van der Waals surface area contributed by atoms with Crippen LogP contribution in [0.5, 0.6) is 5.75 Å². The number of hydrogen-bond donors (Lipinski definition) is 0. The van der Waals surface area contributed by atoms with Gasteiger partial charge in [-0.3, -0.25) is 9.78 Å².